The zero-order chi connectivity index (χ0) is 31.9. The highest BCUT2D eigenvalue weighted by Crippen LogP contribution is 2.40. The average molecular weight is 592 g/mol. The second kappa shape index (κ2) is 23.4. The van der Waals surface area contributed by atoms with Crippen molar-refractivity contribution in [3.05, 3.63) is 91.0 Å². The summed E-state index contributed by atoms with van der Waals surface area (Å²) in [6.45, 7) is 24.3. The number of anilines is 1. The van der Waals surface area contributed by atoms with Gasteiger partial charge in [0.1, 0.15) is 0 Å². The summed E-state index contributed by atoms with van der Waals surface area (Å²) in [6, 6.07) is 19.9. The summed E-state index contributed by atoms with van der Waals surface area (Å²) in [5, 5.41) is 3.25. The van der Waals surface area contributed by atoms with Crippen LogP contribution in [0.25, 0.3) is 0 Å². The molecule has 240 valence electrons. The lowest BCUT2D eigenvalue weighted by atomic mass is 9.90. The monoisotopic (exact) mass is 591 g/mol. The maximum absolute atomic E-state index is 12.7. The molecule has 0 spiro atoms. The van der Waals surface area contributed by atoms with E-state index in [0.29, 0.717) is 17.9 Å². The first-order valence-electron chi connectivity index (χ1n) is 16.6. The molecule has 2 aliphatic heterocycles. The molecule has 5 rings (SSSR count). The van der Waals surface area contributed by atoms with Crippen molar-refractivity contribution >= 4 is 11.7 Å². The lowest BCUT2D eigenvalue weighted by molar-refractivity contribution is 0.122. The van der Waals surface area contributed by atoms with Crippen LogP contribution < -0.4 is 10.2 Å². The molecule has 2 aromatic rings. The number of hydrogen-bond donors (Lipinski definition) is 1. The Labute approximate surface area is 264 Å². The molecule has 43 heavy (non-hydrogen) atoms. The largest absolute Gasteiger partial charge is 0.378 e. The van der Waals surface area contributed by atoms with Crippen LogP contribution in [0.5, 0.6) is 0 Å². The van der Waals surface area contributed by atoms with Gasteiger partial charge < -0.3 is 19.9 Å². The summed E-state index contributed by atoms with van der Waals surface area (Å²) in [7, 11) is 0. The van der Waals surface area contributed by atoms with Crippen molar-refractivity contribution in [2.45, 2.75) is 92.0 Å². The van der Waals surface area contributed by atoms with Gasteiger partial charge in [-0.2, -0.15) is 0 Å². The summed E-state index contributed by atoms with van der Waals surface area (Å²) in [6.07, 6.45) is 10.3. The smallest absolute Gasteiger partial charge is 0.317 e. The van der Waals surface area contributed by atoms with Gasteiger partial charge >= 0.3 is 6.03 Å². The SMILES string of the molecule is C=CC.C=CC.CCC.CCC.O=C(NC1CC1c1ccccc1)N1CCC(Cc2cccc(N3CCOCC3)c2)CC1. The standard InChI is InChI=1S/C26H33N3O2.2C3H8.2C3H6/c30-26(27-25-19-24(25)22-6-2-1-3-7-22)29-11-9-20(10-12-29)17-21-5-4-8-23(18-21)28-13-15-31-16-14-28;4*1-3-2/h1-8,18,20,24-25H,9-17,19H2,(H,27,30);2*3H2,1-2H3;2*3H,1H2,2H3. The number of ether oxygens (including phenoxy) is 1. The normalized spacial score (nSPS) is 18.8. The van der Waals surface area contributed by atoms with Gasteiger partial charge in [-0.15, -0.1) is 13.2 Å². The van der Waals surface area contributed by atoms with Gasteiger partial charge in [-0.25, -0.2) is 4.79 Å². The Morgan fingerprint density at radius 3 is 2.00 bits per heavy atom. The molecule has 2 aromatic carbocycles. The lowest BCUT2D eigenvalue weighted by Gasteiger charge is -2.32. The second-order valence-electron chi connectivity index (χ2n) is 11.4. The molecule has 0 radical (unpaired) electrons. The number of morpholine rings is 1. The minimum absolute atomic E-state index is 0.121. The predicted molar refractivity (Wildman–Crippen MR) is 187 cm³/mol. The number of nitrogens with zero attached hydrogens (tertiary/aromatic N) is 2. The summed E-state index contributed by atoms with van der Waals surface area (Å²) < 4.78 is 5.48. The van der Waals surface area contributed by atoms with Crippen LogP contribution in [0.4, 0.5) is 10.5 Å². The minimum Gasteiger partial charge on any atom is -0.378 e. The number of rotatable bonds is 5. The summed E-state index contributed by atoms with van der Waals surface area (Å²) >= 11 is 0. The van der Waals surface area contributed by atoms with E-state index in [1.807, 2.05) is 24.8 Å². The van der Waals surface area contributed by atoms with E-state index in [0.717, 1.165) is 65.1 Å². The van der Waals surface area contributed by atoms with Gasteiger partial charge in [0.15, 0.2) is 0 Å². The number of nitrogens with one attached hydrogen (secondary N) is 1. The molecule has 0 aromatic heterocycles. The zero-order valence-corrected chi connectivity index (χ0v) is 28.2. The number of urea groups is 1. The van der Waals surface area contributed by atoms with Crippen LogP contribution in [0.15, 0.2) is 79.9 Å². The minimum atomic E-state index is 0.121. The predicted octanol–water partition coefficient (Wildman–Crippen LogP) is 9.26. The number of allylic oxidation sites excluding steroid dienone is 2. The van der Waals surface area contributed by atoms with Crippen LogP contribution in [0.3, 0.4) is 0 Å². The van der Waals surface area contributed by atoms with Crippen LogP contribution in [0.2, 0.25) is 0 Å². The molecule has 2 saturated heterocycles. The average Bonchev–Trinajstić information content (AvgIpc) is 3.79. The van der Waals surface area contributed by atoms with E-state index < -0.39 is 0 Å². The highest BCUT2D eigenvalue weighted by atomic mass is 16.5. The molecule has 1 saturated carbocycles. The zero-order valence-electron chi connectivity index (χ0n) is 28.2. The summed E-state index contributed by atoms with van der Waals surface area (Å²) in [4.78, 5) is 17.1. The Bertz CT molecular complexity index is 987. The maximum Gasteiger partial charge on any atom is 0.317 e. The van der Waals surface area contributed by atoms with E-state index in [-0.39, 0.29) is 6.03 Å². The van der Waals surface area contributed by atoms with E-state index in [2.05, 4.69) is 99.6 Å². The third kappa shape index (κ3) is 15.3. The molecule has 0 bridgehead atoms. The molecule has 3 aliphatic rings. The van der Waals surface area contributed by atoms with E-state index >= 15 is 0 Å². The first-order valence-corrected chi connectivity index (χ1v) is 16.6. The number of amides is 2. The molecule has 1 N–H and O–H groups in total. The summed E-state index contributed by atoms with van der Waals surface area (Å²) in [5.41, 5.74) is 4.07. The highest BCUT2D eigenvalue weighted by molar-refractivity contribution is 5.75. The molecule has 5 heteroatoms. The number of carbonyl (C=O) groups excluding carboxylic acids is 1. The number of piperidine rings is 1. The van der Waals surface area contributed by atoms with Crippen LogP contribution in [0.1, 0.15) is 90.7 Å². The molecule has 3 fully saturated rings. The fraction of sp³-hybridized carbons (Fsp3) is 0.553. The molecule has 1 aliphatic carbocycles. The van der Waals surface area contributed by atoms with Crippen molar-refractivity contribution in [3.8, 4) is 0 Å². The van der Waals surface area contributed by atoms with Crippen molar-refractivity contribution in [1.82, 2.24) is 10.2 Å². The third-order valence-corrected chi connectivity index (χ3v) is 7.04. The van der Waals surface area contributed by atoms with Crippen LogP contribution in [0, 0.1) is 5.92 Å². The molecule has 2 atom stereocenters. The Morgan fingerprint density at radius 1 is 0.884 bits per heavy atom. The quantitative estimate of drug-likeness (QED) is 0.353. The Kier molecular flexibility index (Phi) is 20.7. The van der Waals surface area contributed by atoms with Gasteiger partial charge in [0, 0.05) is 43.8 Å². The first kappa shape index (κ1) is 38.0. The maximum atomic E-state index is 12.7. The van der Waals surface area contributed by atoms with Gasteiger partial charge in [-0.1, -0.05) is 95.2 Å². The van der Waals surface area contributed by atoms with Crippen molar-refractivity contribution in [3.63, 3.8) is 0 Å². The molecule has 5 nitrogen and oxygen atoms in total. The van der Waals surface area contributed by atoms with E-state index in [9.17, 15) is 4.79 Å². The van der Waals surface area contributed by atoms with Crippen LogP contribution in [-0.4, -0.2) is 56.4 Å². The second-order valence-corrected chi connectivity index (χ2v) is 11.4. The number of likely N-dealkylation sites (tertiary alicyclic amines) is 1. The Morgan fingerprint density at radius 2 is 1.44 bits per heavy atom. The van der Waals surface area contributed by atoms with E-state index in [4.69, 9.17) is 4.74 Å². The fourth-order valence-corrected chi connectivity index (χ4v) is 5.05. The molecule has 2 unspecified atom stereocenters. The van der Waals surface area contributed by atoms with Crippen molar-refractivity contribution in [2.24, 2.45) is 5.92 Å². The Balaban J connectivity index is 0.000000670. The van der Waals surface area contributed by atoms with Crippen molar-refractivity contribution in [1.29, 1.82) is 0 Å². The topological polar surface area (TPSA) is 44.8 Å². The Hall–Kier alpha value is -3.05. The van der Waals surface area contributed by atoms with Crippen LogP contribution >= 0.6 is 0 Å². The van der Waals surface area contributed by atoms with Crippen molar-refractivity contribution < 1.29 is 9.53 Å². The molecule has 2 heterocycles. The van der Waals surface area contributed by atoms with Gasteiger partial charge in [0.2, 0.25) is 0 Å². The number of carbonyl (C=O) groups is 1. The first-order chi connectivity index (χ1) is 20.9. The highest BCUT2D eigenvalue weighted by Gasteiger charge is 2.40. The molecular weight excluding hydrogens is 530 g/mol. The molecular formula is C38H61N3O2. The van der Waals surface area contributed by atoms with Gasteiger partial charge in [-0.05, 0) is 68.7 Å². The summed E-state index contributed by atoms with van der Waals surface area (Å²) in [5.74, 6) is 1.14. The van der Waals surface area contributed by atoms with Crippen LogP contribution in [-0.2, 0) is 11.2 Å². The van der Waals surface area contributed by atoms with E-state index in [1.165, 1.54) is 29.7 Å². The van der Waals surface area contributed by atoms with Gasteiger partial charge in [-0.3, -0.25) is 0 Å². The van der Waals surface area contributed by atoms with E-state index in [1.54, 1.807) is 12.2 Å². The van der Waals surface area contributed by atoms with Gasteiger partial charge in [0.05, 0.1) is 13.2 Å². The molecule has 2 amide bonds. The third-order valence-electron chi connectivity index (χ3n) is 7.04. The fourth-order valence-electron chi connectivity index (χ4n) is 5.05. The number of benzene rings is 2. The van der Waals surface area contributed by atoms with Crippen molar-refractivity contribution in [2.75, 3.05) is 44.3 Å². The van der Waals surface area contributed by atoms with Gasteiger partial charge in [0.25, 0.3) is 0 Å². The lowest BCUT2D eigenvalue weighted by Crippen LogP contribution is -2.45. The number of hydrogen-bond acceptors (Lipinski definition) is 3.